The quantitative estimate of drug-likeness (QED) is 0.821. The van der Waals surface area contributed by atoms with Gasteiger partial charge in [-0.2, -0.15) is 13.2 Å². The minimum absolute atomic E-state index is 0.156. The van der Waals surface area contributed by atoms with Gasteiger partial charge in [0, 0.05) is 11.1 Å². The summed E-state index contributed by atoms with van der Waals surface area (Å²) < 4.78 is 38.4. The smallest absolute Gasteiger partial charge is 0.387 e. The van der Waals surface area contributed by atoms with E-state index >= 15 is 0 Å². The van der Waals surface area contributed by atoms with Crippen LogP contribution in [0.15, 0.2) is 48.5 Å². The van der Waals surface area contributed by atoms with Crippen molar-refractivity contribution in [3.8, 4) is 0 Å². The molecule has 0 aliphatic heterocycles. The molecule has 0 saturated heterocycles. The Kier molecular flexibility index (Phi) is 5.91. The standard InChI is InChI=1S/C18H19ClF3NO/c1-11(9-12-5-2-3-8-15(12)19)16(23)17(24)13-6-4-7-14(10-13)18(20,21)22/h2-8,10-11,16-17,24H,9,23H2,1H3. The maximum absolute atomic E-state index is 12.8. The molecule has 0 aliphatic rings. The lowest BCUT2D eigenvalue weighted by Crippen LogP contribution is -2.36. The van der Waals surface area contributed by atoms with Gasteiger partial charge in [0.25, 0.3) is 0 Å². The Bertz CT molecular complexity index is 690. The molecule has 0 amide bonds. The van der Waals surface area contributed by atoms with Crippen LogP contribution < -0.4 is 5.73 Å². The molecule has 2 nitrogen and oxygen atoms in total. The van der Waals surface area contributed by atoms with Crippen molar-refractivity contribution in [2.45, 2.75) is 31.7 Å². The molecule has 6 heteroatoms. The molecule has 3 atom stereocenters. The lowest BCUT2D eigenvalue weighted by Gasteiger charge is -2.26. The van der Waals surface area contributed by atoms with Gasteiger partial charge in [-0.15, -0.1) is 0 Å². The number of aliphatic hydroxyl groups is 1. The number of hydrogen-bond acceptors (Lipinski definition) is 2. The maximum Gasteiger partial charge on any atom is 0.416 e. The van der Waals surface area contributed by atoms with Crippen LogP contribution in [0, 0.1) is 5.92 Å². The van der Waals surface area contributed by atoms with E-state index in [1.165, 1.54) is 12.1 Å². The third-order valence-corrected chi connectivity index (χ3v) is 4.45. The molecular formula is C18H19ClF3NO. The zero-order valence-corrected chi connectivity index (χ0v) is 13.9. The minimum atomic E-state index is -4.46. The number of halogens is 4. The van der Waals surface area contributed by atoms with Gasteiger partial charge in [-0.1, -0.05) is 48.9 Å². The van der Waals surface area contributed by atoms with E-state index in [4.69, 9.17) is 17.3 Å². The molecule has 24 heavy (non-hydrogen) atoms. The number of alkyl halides is 3. The van der Waals surface area contributed by atoms with Gasteiger partial charge in [-0.05, 0) is 41.7 Å². The van der Waals surface area contributed by atoms with Gasteiger partial charge < -0.3 is 10.8 Å². The van der Waals surface area contributed by atoms with Gasteiger partial charge in [0.05, 0.1) is 11.7 Å². The molecule has 0 heterocycles. The molecule has 0 aliphatic carbocycles. The fourth-order valence-electron chi connectivity index (χ4n) is 2.58. The molecule has 0 radical (unpaired) electrons. The number of nitrogens with two attached hydrogens (primary N) is 1. The van der Waals surface area contributed by atoms with Crippen LogP contribution in [0.5, 0.6) is 0 Å². The van der Waals surface area contributed by atoms with Crippen molar-refractivity contribution in [1.82, 2.24) is 0 Å². The van der Waals surface area contributed by atoms with Crippen molar-refractivity contribution in [3.63, 3.8) is 0 Å². The molecule has 3 N–H and O–H groups in total. The lowest BCUT2D eigenvalue weighted by atomic mass is 9.88. The van der Waals surface area contributed by atoms with Crippen molar-refractivity contribution in [3.05, 3.63) is 70.2 Å². The Morgan fingerprint density at radius 2 is 1.79 bits per heavy atom. The number of aliphatic hydroxyl groups excluding tert-OH is 1. The highest BCUT2D eigenvalue weighted by molar-refractivity contribution is 6.31. The van der Waals surface area contributed by atoms with Gasteiger partial charge in [0.15, 0.2) is 0 Å². The van der Waals surface area contributed by atoms with Gasteiger partial charge in [-0.25, -0.2) is 0 Å². The summed E-state index contributed by atoms with van der Waals surface area (Å²) in [5, 5.41) is 11.0. The zero-order chi connectivity index (χ0) is 17.9. The van der Waals surface area contributed by atoms with Crippen LogP contribution in [-0.4, -0.2) is 11.1 Å². The maximum atomic E-state index is 12.8. The molecule has 0 spiro atoms. The third kappa shape index (κ3) is 4.50. The molecule has 0 saturated carbocycles. The van der Waals surface area contributed by atoms with Crippen LogP contribution in [0.1, 0.15) is 29.7 Å². The fraction of sp³-hybridized carbons (Fsp3) is 0.333. The Morgan fingerprint density at radius 1 is 1.12 bits per heavy atom. The predicted octanol–water partition coefficient (Wildman–Crippen LogP) is 4.60. The van der Waals surface area contributed by atoms with Crippen molar-refractivity contribution < 1.29 is 18.3 Å². The normalized spacial score (nSPS) is 15.8. The van der Waals surface area contributed by atoms with Crippen molar-refractivity contribution in [2.75, 3.05) is 0 Å². The Labute approximate surface area is 144 Å². The molecule has 2 rings (SSSR count). The van der Waals surface area contributed by atoms with E-state index in [0.29, 0.717) is 11.4 Å². The van der Waals surface area contributed by atoms with E-state index < -0.39 is 23.9 Å². The summed E-state index contributed by atoms with van der Waals surface area (Å²) in [6.07, 6.45) is -5.12. The van der Waals surface area contributed by atoms with Crippen LogP contribution in [0.4, 0.5) is 13.2 Å². The summed E-state index contributed by atoms with van der Waals surface area (Å²) in [5.41, 5.74) is 6.32. The monoisotopic (exact) mass is 357 g/mol. The Hall–Kier alpha value is -1.56. The minimum Gasteiger partial charge on any atom is -0.387 e. The molecule has 2 aromatic carbocycles. The zero-order valence-electron chi connectivity index (χ0n) is 13.1. The third-order valence-electron chi connectivity index (χ3n) is 4.08. The average molecular weight is 358 g/mol. The highest BCUT2D eigenvalue weighted by Crippen LogP contribution is 2.32. The second-order valence-corrected chi connectivity index (χ2v) is 6.33. The molecule has 0 aromatic heterocycles. The SMILES string of the molecule is CC(Cc1ccccc1Cl)C(N)C(O)c1cccc(C(F)(F)F)c1. The van der Waals surface area contributed by atoms with Crippen LogP contribution in [0.2, 0.25) is 5.02 Å². The van der Waals surface area contributed by atoms with Crippen molar-refractivity contribution in [2.24, 2.45) is 11.7 Å². The first-order chi connectivity index (χ1) is 11.2. The first-order valence-corrected chi connectivity index (χ1v) is 7.92. The first-order valence-electron chi connectivity index (χ1n) is 7.54. The average Bonchev–Trinajstić information content (AvgIpc) is 2.55. The largest absolute Gasteiger partial charge is 0.416 e. The Morgan fingerprint density at radius 3 is 2.42 bits per heavy atom. The summed E-state index contributed by atoms with van der Waals surface area (Å²) in [6, 6.07) is 11.2. The molecular weight excluding hydrogens is 339 g/mol. The number of rotatable bonds is 5. The summed E-state index contributed by atoms with van der Waals surface area (Å²) in [7, 11) is 0. The van der Waals surface area contributed by atoms with E-state index in [0.717, 1.165) is 17.7 Å². The molecule has 130 valence electrons. The highest BCUT2D eigenvalue weighted by Gasteiger charge is 2.32. The van der Waals surface area contributed by atoms with Crippen LogP contribution in [-0.2, 0) is 12.6 Å². The first kappa shape index (κ1) is 18.8. The van der Waals surface area contributed by atoms with Gasteiger partial charge in [-0.3, -0.25) is 0 Å². The summed E-state index contributed by atoms with van der Waals surface area (Å²) in [6.45, 7) is 1.84. The van der Waals surface area contributed by atoms with Crippen molar-refractivity contribution in [1.29, 1.82) is 0 Å². The van der Waals surface area contributed by atoms with E-state index in [1.807, 2.05) is 25.1 Å². The van der Waals surface area contributed by atoms with E-state index in [-0.39, 0.29) is 11.5 Å². The van der Waals surface area contributed by atoms with E-state index in [2.05, 4.69) is 0 Å². The van der Waals surface area contributed by atoms with Gasteiger partial charge >= 0.3 is 6.18 Å². The Balaban J connectivity index is 2.14. The summed E-state index contributed by atoms with van der Waals surface area (Å²) >= 11 is 6.11. The second-order valence-electron chi connectivity index (χ2n) is 5.92. The van der Waals surface area contributed by atoms with Crippen molar-refractivity contribution >= 4 is 11.6 Å². The van der Waals surface area contributed by atoms with Crippen LogP contribution in [0.25, 0.3) is 0 Å². The lowest BCUT2D eigenvalue weighted by molar-refractivity contribution is -0.137. The van der Waals surface area contributed by atoms with Crippen LogP contribution >= 0.6 is 11.6 Å². The fourth-order valence-corrected chi connectivity index (χ4v) is 2.79. The predicted molar refractivity (Wildman–Crippen MR) is 88.7 cm³/mol. The molecule has 3 unspecified atom stereocenters. The summed E-state index contributed by atoms with van der Waals surface area (Å²) in [5.74, 6) is -0.172. The van der Waals surface area contributed by atoms with Gasteiger partial charge in [0.2, 0.25) is 0 Å². The van der Waals surface area contributed by atoms with E-state index in [1.54, 1.807) is 6.07 Å². The number of benzene rings is 2. The molecule has 0 bridgehead atoms. The molecule has 2 aromatic rings. The number of hydrogen-bond donors (Lipinski definition) is 2. The van der Waals surface area contributed by atoms with Crippen LogP contribution in [0.3, 0.4) is 0 Å². The highest BCUT2D eigenvalue weighted by atomic mass is 35.5. The summed E-state index contributed by atoms with van der Waals surface area (Å²) in [4.78, 5) is 0. The van der Waals surface area contributed by atoms with Gasteiger partial charge in [0.1, 0.15) is 0 Å². The van der Waals surface area contributed by atoms with E-state index in [9.17, 15) is 18.3 Å². The second kappa shape index (κ2) is 7.55. The molecule has 0 fully saturated rings. The topological polar surface area (TPSA) is 46.2 Å².